The van der Waals surface area contributed by atoms with Crippen LogP contribution in [0.25, 0.3) is 0 Å². The van der Waals surface area contributed by atoms with Crippen molar-refractivity contribution in [1.29, 1.82) is 0 Å². The Morgan fingerprint density at radius 1 is 0.591 bits per heavy atom. The molecule has 0 aromatic heterocycles. The normalized spacial score (nSPS) is 13.2. The first-order valence-corrected chi connectivity index (χ1v) is 7.96. The fraction of sp³-hybridized carbons (Fsp3) is 0. The van der Waals surface area contributed by atoms with Gasteiger partial charge in [-0.1, -0.05) is 69.6 Å². The van der Waals surface area contributed by atoms with E-state index in [2.05, 4.69) is 0 Å². The van der Waals surface area contributed by atoms with Gasteiger partial charge in [0.05, 0.1) is 41.8 Å². The molecule has 0 saturated carbocycles. The molecule has 0 unspecified atom stereocenters. The molecule has 2 aromatic rings. The number of ketones is 2. The highest BCUT2D eigenvalue weighted by atomic mass is 35.5. The molecule has 0 spiro atoms. The van der Waals surface area contributed by atoms with E-state index >= 15 is 0 Å². The fourth-order valence-electron chi connectivity index (χ4n) is 2.30. The van der Waals surface area contributed by atoms with Crippen LogP contribution in [0.1, 0.15) is 31.8 Å². The maximum absolute atomic E-state index is 12.7. The van der Waals surface area contributed by atoms with Crippen molar-refractivity contribution in [2.24, 2.45) is 0 Å². The lowest BCUT2D eigenvalue weighted by atomic mass is 9.84. The van der Waals surface area contributed by atoms with Gasteiger partial charge in [0, 0.05) is 10.6 Å². The lowest BCUT2D eigenvalue weighted by Crippen LogP contribution is -2.22. The van der Waals surface area contributed by atoms with Gasteiger partial charge in [-0.15, -0.1) is 0 Å². The molecule has 0 atom stereocenters. The van der Waals surface area contributed by atoms with Gasteiger partial charge in [0.1, 0.15) is 0 Å². The van der Waals surface area contributed by atoms with Crippen molar-refractivity contribution in [2.75, 3.05) is 0 Å². The van der Waals surface area contributed by atoms with Gasteiger partial charge in [0.15, 0.2) is 11.6 Å². The average molecular weight is 415 g/mol. The Labute approximate surface area is 154 Å². The smallest absolute Gasteiger partial charge is 0.197 e. The topological polar surface area (TPSA) is 34.1 Å². The van der Waals surface area contributed by atoms with Crippen LogP contribution < -0.4 is 0 Å². The standard InChI is InChI=1S/C14H2Cl6O2/c15-3-1-4-6(5(16)2-3)14(22)8-7(13(4)21)9(17)11(19)12(20)10(8)18/h1-2H. The molecular weight excluding hydrogens is 413 g/mol. The van der Waals surface area contributed by atoms with Gasteiger partial charge in [-0.2, -0.15) is 0 Å². The minimum absolute atomic E-state index is 0.0138. The molecule has 0 amide bonds. The van der Waals surface area contributed by atoms with Crippen LogP contribution in [0, 0.1) is 0 Å². The van der Waals surface area contributed by atoms with E-state index in [0.29, 0.717) is 0 Å². The summed E-state index contributed by atoms with van der Waals surface area (Å²) in [5.41, 5.74) is -0.147. The van der Waals surface area contributed by atoms with Gasteiger partial charge in [0.2, 0.25) is 0 Å². The van der Waals surface area contributed by atoms with Crippen molar-refractivity contribution in [1.82, 2.24) is 0 Å². The maximum Gasteiger partial charge on any atom is 0.197 e. The summed E-state index contributed by atoms with van der Waals surface area (Å²) < 4.78 is 0. The lowest BCUT2D eigenvalue weighted by Gasteiger charge is -2.22. The summed E-state index contributed by atoms with van der Waals surface area (Å²) >= 11 is 36.0. The van der Waals surface area contributed by atoms with Crippen LogP contribution in [-0.2, 0) is 0 Å². The van der Waals surface area contributed by atoms with Gasteiger partial charge in [-0.3, -0.25) is 9.59 Å². The molecule has 22 heavy (non-hydrogen) atoms. The first kappa shape index (κ1) is 16.4. The predicted octanol–water partition coefficient (Wildman–Crippen LogP) is 6.38. The number of carbonyl (C=O) groups excluding carboxylic acids is 2. The highest BCUT2D eigenvalue weighted by Crippen LogP contribution is 2.46. The highest BCUT2D eigenvalue weighted by molar-refractivity contribution is 6.56. The summed E-state index contributed by atoms with van der Waals surface area (Å²) in [6, 6.07) is 2.71. The zero-order valence-electron chi connectivity index (χ0n) is 10.2. The first-order chi connectivity index (χ1) is 10.3. The van der Waals surface area contributed by atoms with E-state index in [1.807, 2.05) is 0 Å². The van der Waals surface area contributed by atoms with Crippen LogP contribution in [0.15, 0.2) is 12.1 Å². The van der Waals surface area contributed by atoms with Crippen LogP contribution in [0.4, 0.5) is 0 Å². The molecule has 0 heterocycles. The largest absolute Gasteiger partial charge is 0.288 e. The Bertz CT molecular complexity index is 888. The lowest BCUT2D eigenvalue weighted by molar-refractivity contribution is 0.0979. The summed E-state index contributed by atoms with van der Waals surface area (Å²) in [5, 5.41) is -0.195. The summed E-state index contributed by atoms with van der Waals surface area (Å²) in [4.78, 5) is 25.4. The second-order valence-corrected chi connectivity index (χ2v) is 6.83. The Morgan fingerprint density at radius 2 is 1.09 bits per heavy atom. The van der Waals surface area contributed by atoms with E-state index in [-0.39, 0.29) is 52.4 Å². The molecule has 2 nitrogen and oxygen atoms in total. The number of rotatable bonds is 0. The molecule has 1 aliphatic carbocycles. The SMILES string of the molecule is O=C1c2cc(Cl)cc(Cl)c2C(=O)c2c(Cl)c(Cl)c(Cl)c(Cl)c21. The summed E-state index contributed by atoms with van der Waals surface area (Å²) in [6.45, 7) is 0. The zero-order chi connectivity index (χ0) is 16.3. The van der Waals surface area contributed by atoms with Crippen LogP contribution in [0.2, 0.25) is 30.1 Å². The van der Waals surface area contributed by atoms with Crippen molar-refractivity contribution in [3.63, 3.8) is 0 Å². The maximum atomic E-state index is 12.7. The van der Waals surface area contributed by atoms with Crippen molar-refractivity contribution in [3.8, 4) is 0 Å². The van der Waals surface area contributed by atoms with Crippen molar-refractivity contribution < 1.29 is 9.59 Å². The van der Waals surface area contributed by atoms with Gasteiger partial charge in [0.25, 0.3) is 0 Å². The summed E-state index contributed by atoms with van der Waals surface area (Å²) in [7, 11) is 0. The molecule has 0 fully saturated rings. The first-order valence-electron chi connectivity index (χ1n) is 5.70. The quantitative estimate of drug-likeness (QED) is 0.316. The third-order valence-electron chi connectivity index (χ3n) is 3.25. The van der Waals surface area contributed by atoms with Gasteiger partial charge >= 0.3 is 0 Å². The Balaban J connectivity index is 2.47. The zero-order valence-corrected chi connectivity index (χ0v) is 14.8. The van der Waals surface area contributed by atoms with Crippen molar-refractivity contribution in [2.45, 2.75) is 0 Å². The molecule has 0 N–H and O–H groups in total. The Morgan fingerprint density at radius 3 is 1.64 bits per heavy atom. The van der Waals surface area contributed by atoms with Crippen LogP contribution >= 0.6 is 69.6 Å². The van der Waals surface area contributed by atoms with E-state index < -0.39 is 11.6 Å². The third kappa shape index (κ3) is 2.17. The average Bonchev–Trinajstić information content (AvgIpc) is 2.45. The molecule has 2 aromatic carbocycles. The number of hydrogen-bond acceptors (Lipinski definition) is 2. The van der Waals surface area contributed by atoms with E-state index in [9.17, 15) is 9.59 Å². The molecule has 0 saturated heterocycles. The highest BCUT2D eigenvalue weighted by Gasteiger charge is 2.37. The van der Waals surface area contributed by atoms with E-state index in [4.69, 9.17) is 69.6 Å². The molecule has 8 heteroatoms. The predicted molar refractivity (Wildman–Crippen MR) is 89.8 cm³/mol. The van der Waals surface area contributed by atoms with Crippen LogP contribution in [0.3, 0.4) is 0 Å². The fourth-order valence-corrected chi connectivity index (χ4v) is 3.90. The second kappa shape index (κ2) is 5.55. The summed E-state index contributed by atoms with van der Waals surface area (Å²) in [6.07, 6.45) is 0. The Kier molecular flexibility index (Phi) is 4.14. The number of hydrogen-bond donors (Lipinski definition) is 0. The van der Waals surface area contributed by atoms with Crippen LogP contribution in [0.5, 0.6) is 0 Å². The molecule has 0 radical (unpaired) electrons. The molecule has 112 valence electrons. The number of halogens is 6. The minimum Gasteiger partial charge on any atom is -0.288 e. The van der Waals surface area contributed by atoms with Gasteiger partial charge in [-0.25, -0.2) is 0 Å². The third-order valence-corrected chi connectivity index (χ3v) is 5.57. The molecule has 3 rings (SSSR count). The monoisotopic (exact) mass is 412 g/mol. The molecule has 1 aliphatic rings. The molecule has 0 aliphatic heterocycles. The second-order valence-electron chi connectivity index (χ2n) is 4.47. The Hall–Kier alpha value is -0.480. The number of carbonyl (C=O) groups is 2. The van der Waals surface area contributed by atoms with Crippen molar-refractivity contribution in [3.05, 3.63) is 64.5 Å². The van der Waals surface area contributed by atoms with Crippen LogP contribution in [-0.4, -0.2) is 11.6 Å². The molecule has 0 bridgehead atoms. The van der Waals surface area contributed by atoms with E-state index in [0.717, 1.165) is 0 Å². The van der Waals surface area contributed by atoms with Gasteiger partial charge < -0.3 is 0 Å². The van der Waals surface area contributed by atoms with Gasteiger partial charge in [-0.05, 0) is 12.1 Å². The number of benzene rings is 2. The number of fused-ring (bicyclic) bond motifs is 2. The van der Waals surface area contributed by atoms with E-state index in [1.165, 1.54) is 12.1 Å². The summed E-state index contributed by atoms with van der Waals surface area (Å²) in [5.74, 6) is -1.10. The minimum atomic E-state index is -0.559. The van der Waals surface area contributed by atoms with E-state index in [1.54, 1.807) is 0 Å². The van der Waals surface area contributed by atoms with Crippen molar-refractivity contribution >= 4 is 81.2 Å². The molecular formula is C14H2Cl6O2.